The van der Waals surface area contributed by atoms with E-state index in [1.54, 1.807) is 0 Å². The van der Waals surface area contributed by atoms with Crippen molar-refractivity contribution in [3.8, 4) is 11.3 Å². The van der Waals surface area contributed by atoms with Gasteiger partial charge in [0.1, 0.15) is 17.2 Å². The van der Waals surface area contributed by atoms with Gasteiger partial charge in [-0.15, -0.1) is 29.1 Å². The predicted molar refractivity (Wildman–Crippen MR) is 228 cm³/mol. The van der Waals surface area contributed by atoms with Gasteiger partial charge < -0.3 is 9.52 Å². The Hall–Kier alpha value is -3.86. The van der Waals surface area contributed by atoms with Crippen LogP contribution >= 0.6 is 0 Å². The minimum Gasteiger partial charge on any atom is -0.512 e. The molecule has 0 unspecified atom stereocenters. The van der Waals surface area contributed by atoms with Gasteiger partial charge in [-0.25, -0.2) is 0 Å². The maximum atomic E-state index is 12.2. The van der Waals surface area contributed by atoms with Crippen molar-refractivity contribution in [3.05, 3.63) is 95.5 Å². The number of aromatic nitrogens is 2. The number of aliphatic hydroxyl groups excluding tert-OH is 1. The molecule has 1 N–H and O–H groups in total. The Morgan fingerprint density at radius 1 is 0.782 bits per heavy atom. The smallest absolute Gasteiger partial charge is 0.223 e. The Bertz CT molecular complexity index is 2340. The van der Waals surface area contributed by atoms with Crippen molar-refractivity contribution in [1.82, 2.24) is 9.97 Å². The molecule has 0 bridgehead atoms. The average Bonchev–Trinajstić information content (AvgIpc) is 3.50. The number of allylic oxidation sites excluding steroid dienone is 2. The fraction of sp³-hybridized carbons (Fsp3) is 0.449. The summed E-state index contributed by atoms with van der Waals surface area (Å²) in [7, 11) is 0. The van der Waals surface area contributed by atoms with Gasteiger partial charge in [-0.1, -0.05) is 143 Å². The van der Waals surface area contributed by atoms with Gasteiger partial charge in [0.2, 0.25) is 5.71 Å². The number of carbonyl (C=O) groups is 1. The standard InChI is InChI=1S/C34H33N2O.C15H28O2.Ir/c1-20-35-30(24-17-22-10-8-9-11-25(22)28(18-24)34(5,6)7)29-27-15-13-23-16-21(19-33(2,3)4)12-14-26(23)31(27)37-32(29)36-20;1-7-14(5,8-2)12(16)11-13(17)15(6,9-3)10-4;/h8-16,18H,19H2,1-7H3;11,16H,7-10H2,1-6H3;/q-1;;/b;12-11-;. The molecule has 6 rings (SSSR count). The van der Waals surface area contributed by atoms with Crippen molar-refractivity contribution in [3.63, 3.8) is 0 Å². The fourth-order valence-corrected chi connectivity index (χ4v) is 7.20. The second-order valence-electron chi connectivity index (χ2n) is 18.0. The molecule has 55 heavy (non-hydrogen) atoms. The largest absolute Gasteiger partial charge is 0.512 e. The third-order valence-corrected chi connectivity index (χ3v) is 11.7. The van der Waals surface area contributed by atoms with Crippen LogP contribution in [-0.2, 0) is 36.7 Å². The fourth-order valence-electron chi connectivity index (χ4n) is 7.20. The number of ketones is 1. The van der Waals surface area contributed by atoms with Gasteiger partial charge >= 0.3 is 0 Å². The van der Waals surface area contributed by atoms with Gasteiger partial charge in [0.15, 0.2) is 5.78 Å². The second kappa shape index (κ2) is 16.7. The molecule has 1 radical (unpaired) electrons. The summed E-state index contributed by atoms with van der Waals surface area (Å²) >= 11 is 0. The summed E-state index contributed by atoms with van der Waals surface area (Å²) in [5.74, 6) is 0.978. The normalized spacial score (nSPS) is 12.9. The minimum atomic E-state index is -0.337. The molecule has 6 aromatic rings. The number of furan rings is 1. The third-order valence-electron chi connectivity index (χ3n) is 11.7. The molecule has 2 aromatic heterocycles. The van der Waals surface area contributed by atoms with Crippen molar-refractivity contribution in [1.29, 1.82) is 0 Å². The molecular formula is C49H61IrN2O3-. The number of hydrogen-bond acceptors (Lipinski definition) is 5. The molecule has 0 fully saturated rings. The van der Waals surface area contributed by atoms with Crippen molar-refractivity contribution in [2.24, 2.45) is 16.2 Å². The van der Waals surface area contributed by atoms with Crippen LogP contribution in [0.1, 0.15) is 126 Å². The predicted octanol–water partition coefficient (Wildman–Crippen LogP) is 14.0. The van der Waals surface area contributed by atoms with E-state index in [0.29, 0.717) is 11.5 Å². The van der Waals surface area contributed by atoms with Crippen LogP contribution < -0.4 is 0 Å². The number of fused-ring (bicyclic) bond motifs is 6. The van der Waals surface area contributed by atoms with E-state index in [1.807, 2.05) is 48.5 Å². The first-order valence-electron chi connectivity index (χ1n) is 19.8. The van der Waals surface area contributed by atoms with Gasteiger partial charge in [-0.3, -0.25) is 9.78 Å². The molecule has 0 amide bonds. The molecule has 6 heteroatoms. The van der Waals surface area contributed by atoms with E-state index in [4.69, 9.17) is 14.4 Å². The molecule has 5 nitrogen and oxygen atoms in total. The number of rotatable bonds is 9. The number of hydrogen-bond donors (Lipinski definition) is 1. The van der Waals surface area contributed by atoms with E-state index in [-0.39, 0.29) is 53.3 Å². The van der Waals surface area contributed by atoms with E-state index >= 15 is 0 Å². The van der Waals surface area contributed by atoms with Gasteiger partial charge in [-0.2, -0.15) is 4.98 Å². The Balaban J connectivity index is 0.000000320. The van der Waals surface area contributed by atoms with Crippen molar-refractivity contribution in [2.75, 3.05) is 0 Å². The summed E-state index contributed by atoms with van der Waals surface area (Å²) in [6.07, 6.45) is 5.79. The van der Waals surface area contributed by atoms with Gasteiger partial charge in [-0.05, 0) is 60.8 Å². The zero-order valence-electron chi connectivity index (χ0n) is 35.4. The van der Waals surface area contributed by atoms with Gasteiger partial charge in [0.25, 0.3) is 0 Å². The summed E-state index contributed by atoms with van der Waals surface area (Å²) in [5.41, 5.74) is 5.58. The van der Waals surface area contributed by atoms with Crippen LogP contribution in [-0.4, -0.2) is 20.9 Å². The van der Waals surface area contributed by atoms with Crippen LogP contribution in [0.4, 0.5) is 0 Å². The van der Waals surface area contributed by atoms with Crippen molar-refractivity contribution in [2.45, 2.75) is 128 Å². The van der Waals surface area contributed by atoms with E-state index in [0.717, 1.165) is 70.5 Å². The summed E-state index contributed by atoms with van der Waals surface area (Å²) in [4.78, 5) is 21.8. The molecule has 0 aliphatic heterocycles. The zero-order chi connectivity index (χ0) is 39.8. The molecule has 0 saturated heterocycles. The van der Waals surface area contributed by atoms with E-state index < -0.39 is 0 Å². The molecule has 295 valence electrons. The number of aryl methyl sites for hydroxylation is 1. The molecule has 0 spiro atoms. The summed E-state index contributed by atoms with van der Waals surface area (Å²) in [6, 6.07) is 25.5. The van der Waals surface area contributed by atoms with E-state index in [1.165, 1.54) is 28.0 Å². The van der Waals surface area contributed by atoms with Gasteiger partial charge in [0, 0.05) is 58.9 Å². The molecule has 0 aliphatic carbocycles. The quantitative estimate of drug-likeness (QED) is 0.0888. The number of carbonyl (C=O) groups excluding carboxylic acids is 1. The van der Waals surface area contributed by atoms with E-state index in [9.17, 15) is 9.90 Å². The van der Waals surface area contributed by atoms with Crippen LogP contribution in [0.25, 0.3) is 54.9 Å². The number of benzene rings is 4. The van der Waals surface area contributed by atoms with Crippen LogP contribution in [0.3, 0.4) is 0 Å². The molecule has 0 aliphatic rings. The van der Waals surface area contributed by atoms with E-state index in [2.05, 4.69) is 108 Å². The molecule has 4 aromatic carbocycles. The summed E-state index contributed by atoms with van der Waals surface area (Å²) < 4.78 is 6.47. The monoisotopic (exact) mass is 918 g/mol. The van der Waals surface area contributed by atoms with Gasteiger partial charge in [0.05, 0.1) is 0 Å². The van der Waals surface area contributed by atoms with Crippen LogP contribution in [0, 0.1) is 29.2 Å². The maximum absolute atomic E-state index is 12.2. The Morgan fingerprint density at radius 3 is 2.00 bits per heavy atom. The van der Waals surface area contributed by atoms with Crippen LogP contribution in [0.5, 0.6) is 0 Å². The maximum Gasteiger partial charge on any atom is 0.223 e. The molecule has 0 saturated carbocycles. The summed E-state index contributed by atoms with van der Waals surface area (Å²) in [6.45, 7) is 27.6. The van der Waals surface area contributed by atoms with Crippen molar-refractivity contribution < 1.29 is 34.4 Å². The van der Waals surface area contributed by atoms with Crippen LogP contribution in [0.2, 0.25) is 0 Å². The number of aliphatic hydroxyl groups is 1. The molecule has 0 atom stereocenters. The third kappa shape index (κ3) is 9.24. The molecule has 2 heterocycles. The van der Waals surface area contributed by atoms with Crippen molar-refractivity contribution >= 4 is 49.4 Å². The first kappa shape index (κ1) is 43.9. The first-order chi connectivity index (χ1) is 25.3. The minimum absolute atomic E-state index is 0. The van der Waals surface area contributed by atoms with Crippen LogP contribution in [0.15, 0.2) is 76.9 Å². The summed E-state index contributed by atoms with van der Waals surface area (Å²) in [5, 5.41) is 16.7. The molecular weight excluding hydrogens is 857 g/mol. The number of nitrogens with zero attached hydrogens (tertiary/aromatic N) is 2. The Kier molecular flexibility index (Phi) is 13.3. The zero-order valence-corrected chi connectivity index (χ0v) is 37.8. The SMILES string of the molecule is CCC(C)(CC)C(=O)/C=C(\O)C(C)(CC)CC.Cc1nc(-c2[c-]c3ccccc3c(C(C)(C)C)c2)c2c(n1)oc1c3ccc(CC(C)(C)C)cc3ccc12.[Ir]. The first-order valence-corrected chi connectivity index (χ1v) is 19.8. The topological polar surface area (TPSA) is 76.2 Å². The Morgan fingerprint density at radius 2 is 1.40 bits per heavy atom. The Labute approximate surface area is 342 Å². The second-order valence-corrected chi connectivity index (χ2v) is 18.0. The average molecular weight is 918 g/mol.